The normalized spacial score (nSPS) is 12.9. The van der Waals surface area contributed by atoms with Crippen molar-refractivity contribution in [3.8, 4) is 0 Å². The van der Waals surface area contributed by atoms with E-state index in [1.165, 1.54) is 0 Å². The molecule has 0 aliphatic rings. The number of hydrogen-bond acceptors (Lipinski definition) is 4. The van der Waals surface area contributed by atoms with Crippen molar-refractivity contribution in [2.75, 3.05) is 6.54 Å². The molecule has 19 heavy (non-hydrogen) atoms. The van der Waals surface area contributed by atoms with Gasteiger partial charge in [-0.2, -0.15) is 0 Å². The molecule has 0 saturated carbocycles. The Morgan fingerprint density at radius 3 is 2.32 bits per heavy atom. The summed E-state index contributed by atoms with van der Waals surface area (Å²) in [4.78, 5) is 0.0689. The number of aryl methyl sites for hydroxylation is 2. The van der Waals surface area contributed by atoms with Crippen LogP contribution >= 0.6 is 0 Å². The maximum atomic E-state index is 12.3. The number of aliphatic hydroxyl groups excluding tert-OH is 1. The molecule has 0 atom stereocenters. The monoisotopic (exact) mass is 289 g/mol. The van der Waals surface area contributed by atoms with Gasteiger partial charge in [-0.15, -0.1) is 0 Å². The minimum Gasteiger partial charge on any atom is -0.465 e. The number of aliphatic hydroxyl groups is 1. The Balaban J connectivity index is 3.08. The van der Waals surface area contributed by atoms with Crippen molar-refractivity contribution in [2.24, 2.45) is 5.41 Å². The number of rotatable bonds is 6. The van der Waals surface area contributed by atoms with Crippen molar-refractivity contribution >= 4 is 10.0 Å². The van der Waals surface area contributed by atoms with Crippen LogP contribution in [0.3, 0.4) is 0 Å². The highest BCUT2D eigenvalue weighted by Gasteiger charge is 2.28. The molecular formula is C13H23NO4S. The Morgan fingerprint density at radius 1 is 1.26 bits per heavy atom. The average molecular weight is 289 g/mol. The molecule has 0 amide bonds. The van der Waals surface area contributed by atoms with Crippen LogP contribution in [0.5, 0.6) is 0 Å². The Hall–Kier alpha value is -0.850. The lowest BCUT2D eigenvalue weighted by Gasteiger charge is -2.22. The molecule has 0 aliphatic heterocycles. The van der Waals surface area contributed by atoms with E-state index >= 15 is 0 Å². The summed E-state index contributed by atoms with van der Waals surface area (Å²) in [6.07, 6.45) is 0.867. The summed E-state index contributed by atoms with van der Waals surface area (Å²) >= 11 is 0. The first kappa shape index (κ1) is 16.2. The maximum Gasteiger partial charge on any atom is 0.244 e. The highest BCUT2D eigenvalue weighted by Crippen LogP contribution is 2.27. The van der Waals surface area contributed by atoms with Crippen LogP contribution in [-0.4, -0.2) is 20.1 Å². The lowest BCUT2D eigenvalue weighted by atomic mass is 9.91. The van der Waals surface area contributed by atoms with Gasteiger partial charge in [-0.3, -0.25) is 0 Å². The van der Waals surface area contributed by atoms with E-state index in [1.54, 1.807) is 13.8 Å². The second-order valence-corrected chi connectivity index (χ2v) is 7.23. The number of nitrogens with one attached hydrogen (secondary N) is 1. The molecule has 2 N–H and O–H groups in total. The number of furan rings is 1. The third kappa shape index (κ3) is 3.58. The van der Waals surface area contributed by atoms with E-state index < -0.39 is 10.0 Å². The van der Waals surface area contributed by atoms with Gasteiger partial charge in [-0.25, -0.2) is 13.1 Å². The van der Waals surface area contributed by atoms with Gasteiger partial charge in [0.05, 0.1) is 6.61 Å². The Labute approximate surface area is 115 Å². The van der Waals surface area contributed by atoms with Crippen molar-refractivity contribution in [3.05, 3.63) is 17.1 Å². The van der Waals surface area contributed by atoms with E-state index in [0.29, 0.717) is 23.6 Å². The molecule has 110 valence electrons. The first-order valence-corrected chi connectivity index (χ1v) is 7.82. The summed E-state index contributed by atoms with van der Waals surface area (Å²) in [6.45, 7) is 9.24. The lowest BCUT2D eigenvalue weighted by molar-refractivity contribution is 0.276. The summed E-state index contributed by atoms with van der Waals surface area (Å²) in [5, 5.41) is 9.30. The van der Waals surface area contributed by atoms with Crippen molar-refractivity contribution in [3.63, 3.8) is 0 Å². The summed E-state index contributed by atoms with van der Waals surface area (Å²) < 4.78 is 32.6. The van der Waals surface area contributed by atoms with Crippen LogP contribution < -0.4 is 4.72 Å². The minimum absolute atomic E-state index is 0.0689. The van der Waals surface area contributed by atoms with Gasteiger partial charge in [0, 0.05) is 12.1 Å². The molecular weight excluding hydrogens is 266 g/mol. The van der Waals surface area contributed by atoms with E-state index in [4.69, 9.17) is 4.42 Å². The van der Waals surface area contributed by atoms with E-state index in [2.05, 4.69) is 4.72 Å². The maximum absolute atomic E-state index is 12.3. The molecule has 0 aliphatic carbocycles. The largest absolute Gasteiger partial charge is 0.465 e. The predicted octanol–water partition coefficient (Wildman–Crippen LogP) is 2.10. The predicted molar refractivity (Wildman–Crippen MR) is 73.4 cm³/mol. The van der Waals surface area contributed by atoms with Crippen LogP contribution in [0.2, 0.25) is 0 Å². The van der Waals surface area contributed by atoms with Gasteiger partial charge >= 0.3 is 0 Å². The molecule has 1 rings (SSSR count). The van der Waals surface area contributed by atoms with E-state index in [-0.39, 0.29) is 16.9 Å². The highest BCUT2D eigenvalue weighted by atomic mass is 32.2. The zero-order valence-corrected chi connectivity index (χ0v) is 13.0. The van der Waals surface area contributed by atoms with Crippen molar-refractivity contribution in [1.29, 1.82) is 0 Å². The second kappa shape index (κ2) is 5.64. The first-order chi connectivity index (χ1) is 8.64. The molecule has 0 spiro atoms. The van der Waals surface area contributed by atoms with Crippen LogP contribution in [0, 0.1) is 19.3 Å². The number of hydrogen-bond donors (Lipinski definition) is 2. The van der Waals surface area contributed by atoms with Crippen LogP contribution in [0.25, 0.3) is 0 Å². The van der Waals surface area contributed by atoms with E-state index in [1.807, 2.05) is 20.8 Å². The Kier molecular flexibility index (Phi) is 4.81. The Bertz CT molecular complexity index is 543. The zero-order valence-electron chi connectivity index (χ0n) is 12.2. The average Bonchev–Trinajstić information content (AvgIpc) is 2.62. The van der Waals surface area contributed by atoms with Crippen LogP contribution in [-0.2, 0) is 16.6 Å². The standard InChI is InChI=1S/C13H23NO4S/c1-6-13(4,5)8-14-19(16,17)12-10(3)18-9(2)11(12)7-15/h14-15H,6-8H2,1-5H3. The molecule has 0 radical (unpaired) electrons. The van der Waals surface area contributed by atoms with Crippen molar-refractivity contribution < 1.29 is 17.9 Å². The van der Waals surface area contributed by atoms with Gasteiger partial charge in [0.1, 0.15) is 16.4 Å². The van der Waals surface area contributed by atoms with Crippen LogP contribution in [0.15, 0.2) is 9.31 Å². The number of sulfonamides is 1. The molecule has 1 aromatic rings. The fourth-order valence-corrected chi connectivity index (χ4v) is 3.41. The summed E-state index contributed by atoms with van der Waals surface area (Å²) in [7, 11) is -3.66. The molecule has 5 nitrogen and oxygen atoms in total. The summed E-state index contributed by atoms with van der Waals surface area (Å²) in [5.74, 6) is 0.749. The van der Waals surface area contributed by atoms with Crippen LogP contribution in [0.4, 0.5) is 0 Å². The molecule has 0 aromatic carbocycles. The third-order valence-corrected chi connectivity index (χ3v) is 5.05. The van der Waals surface area contributed by atoms with Crippen molar-refractivity contribution in [2.45, 2.75) is 52.5 Å². The van der Waals surface area contributed by atoms with E-state index in [0.717, 1.165) is 6.42 Å². The molecule has 0 fully saturated rings. The first-order valence-electron chi connectivity index (χ1n) is 6.34. The molecule has 1 heterocycles. The second-order valence-electron chi connectivity index (χ2n) is 5.52. The summed E-state index contributed by atoms with van der Waals surface area (Å²) in [6, 6.07) is 0. The van der Waals surface area contributed by atoms with Gasteiger partial charge in [0.15, 0.2) is 0 Å². The minimum atomic E-state index is -3.66. The summed E-state index contributed by atoms with van der Waals surface area (Å²) in [5.41, 5.74) is 0.221. The van der Waals surface area contributed by atoms with Gasteiger partial charge < -0.3 is 9.52 Å². The molecule has 0 unspecified atom stereocenters. The van der Waals surface area contributed by atoms with Gasteiger partial charge in [0.25, 0.3) is 0 Å². The molecule has 0 saturated heterocycles. The topological polar surface area (TPSA) is 79.5 Å². The smallest absolute Gasteiger partial charge is 0.244 e. The molecule has 0 bridgehead atoms. The van der Waals surface area contributed by atoms with Gasteiger partial charge in [0.2, 0.25) is 10.0 Å². The fraction of sp³-hybridized carbons (Fsp3) is 0.692. The molecule has 1 aromatic heterocycles. The quantitative estimate of drug-likeness (QED) is 0.840. The third-order valence-electron chi connectivity index (χ3n) is 3.45. The van der Waals surface area contributed by atoms with E-state index in [9.17, 15) is 13.5 Å². The molecule has 6 heteroatoms. The van der Waals surface area contributed by atoms with Crippen LogP contribution in [0.1, 0.15) is 44.3 Å². The fourth-order valence-electron chi connectivity index (χ4n) is 1.73. The van der Waals surface area contributed by atoms with Gasteiger partial charge in [-0.05, 0) is 25.7 Å². The Morgan fingerprint density at radius 2 is 1.84 bits per heavy atom. The highest BCUT2D eigenvalue weighted by molar-refractivity contribution is 7.89. The zero-order chi connectivity index (χ0) is 14.8. The van der Waals surface area contributed by atoms with Gasteiger partial charge in [-0.1, -0.05) is 20.8 Å². The lowest BCUT2D eigenvalue weighted by Crippen LogP contribution is -2.34. The van der Waals surface area contributed by atoms with Crippen molar-refractivity contribution in [1.82, 2.24) is 4.72 Å². The SMILES string of the molecule is CCC(C)(C)CNS(=O)(=O)c1c(C)oc(C)c1CO.